The molecule has 0 aromatic heterocycles. The smallest absolute Gasteiger partial charge is 0.399 e. The Labute approximate surface area is 246 Å². The molecule has 11 heteroatoms. The van der Waals surface area contributed by atoms with E-state index in [-0.39, 0.29) is 52.3 Å². The van der Waals surface area contributed by atoms with Gasteiger partial charge in [0.05, 0.1) is 21.9 Å². The van der Waals surface area contributed by atoms with Crippen molar-refractivity contribution in [2.45, 2.75) is 75.1 Å². The van der Waals surface area contributed by atoms with Crippen molar-refractivity contribution in [2.75, 3.05) is 26.5 Å². The van der Waals surface area contributed by atoms with Gasteiger partial charge in [0, 0.05) is 37.0 Å². The lowest BCUT2D eigenvalue weighted by Gasteiger charge is -2.44. The number of likely N-dealkylation sites (tertiary alicyclic amines) is 1. The van der Waals surface area contributed by atoms with Gasteiger partial charge in [-0.1, -0.05) is 35.5 Å². The Bertz CT molecular complexity index is 1360. The molecule has 42 heavy (non-hydrogen) atoms. The minimum Gasteiger partial charge on any atom is -0.399 e. The fourth-order valence-electron chi connectivity index (χ4n) is 6.32. The van der Waals surface area contributed by atoms with E-state index < -0.39 is 27.5 Å². The van der Waals surface area contributed by atoms with Crippen LogP contribution in [0, 0.1) is 11.8 Å². The molecular formula is C31H40F3N3O4S. The van der Waals surface area contributed by atoms with Crippen LogP contribution in [0.4, 0.5) is 13.2 Å². The molecule has 0 unspecified atom stereocenters. The summed E-state index contributed by atoms with van der Waals surface area (Å²) in [5.41, 5.74) is -0.273. The molecule has 0 spiro atoms. The maximum absolute atomic E-state index is 13.8. The first kappa shape index (κ1) is 32.0. The van der Waals surface area contributed by atoms with E-state index in [9.17, 15) is 26.4 Å². The van der Waals surface area contributed by atoms with Crippen molar-refractivity contribution < 1.29 is 31.2 Å². The maximum atomic E-state index is 13.8. The van der Waals surface area contributed by atoms with Gasteiger partial charge in [0.25, 0.3) is 0 Å². The zero-order valence-electron chi connectivity index (χ0n) is 24.5. The Morgan fingerprint density at radius 2 is 1.81 bits per heavy atom. The van der Waals surface area contributed by atoms with E-state index in [0.717, 1.165) is 18.6 Å². The molecule has 1 amide bonds. The van der Waals surface area contributed by atoms with Crippen LogP contribution >= 0.6 is 0 Å². The molecule has 2 aromatic carbocycles. The average molecular weight is 608 g/mol. The third-order valence-electron chi connectivity index (χ3n) is 8.76. The van der Waals surface area contributed by atoms with Crippen molar-refractivity contribution in [3.8, 4) is 0 Å². The number of sulfone groups is 1. The van der Waals surface area contributed by atoms with Crippen molar-refractivity contribution in [1.29, 1.82) is 0 Å². The standard InChI is InChI=1S/C31H40F3N3O4S/c1-21(2)36(3)26-13-14-29(24(18-26)20-42(39,40)27-11-6-5-7-12-27)37-16-15-23(30(37)38)19-28(35-41-4)22-9-8-10-25(17-22)31(32,33)34/h5-12,17,21,23-24,26,29H,13-16,18-20H2,1-4H3/t23-,24-,26+,29-/m0/s1. The first-order chi connectivity index (χ1) is 19.8. The number of alkyl halides is 3. The van der Waals surface area contributed by atoms with Gasteiger partial charge in [0.1, 0.15) is 7.11 Å². The molecule has 0 bridgehead atoms. The number of oxime groups is 1. The summed E-state index contributed by atoms with van der Waals surface area (Å²) in [4.78, 5) is 23.1. The highest BCUT2D eigenvalue weighted by Gasteiger charge is 2.44. The predicted octanol–water partition coefficient (Wildman–Crippen LogP) is 5.65. The van der Waals surface area contributed by atoms with Gasteiger partial charge in [0.2, 0.25) is 5.91 Å². The van der Waals surface area contributed by atoms with Crippen LogP contribution in [-0.2, 0) is 25.6 Å². The minimum atomic E-state index is -4.51. The summed E-state index contributed by atoms with van der Waals surface area (Å²) in [6.45, 7) is 4.68. The maximum Gasteiger partial charge on any atom is 0.416 e. The van der Waals surface area contributed by atoms with Gasteiger partial charge in [-0.2, -0.15) is 13.2 Å². The molecule has 0 radical (unpaired) electrons. The fraction of sp³-hybridized carbons (Fsp3) is 0.548. The Morgan fingerprint density at radius 3 is 2.45 bits per heavy atom. The summed E-state index contributed by atoms with van der Waals surface area (Å²) >= 11 is 0. The molecule has 1 aliphatic carbocycles. The quantitative estimate of drug-likeness (QED) is 0.258. The SMILES string of the molecule is CON=C(C[C@@H]1CCN([C@H]2CC[C@@H](N(C)C(C)C)C[C@H]2CS(=O)(=O)c2ccccc2)C1=O)c1cccc(C(F)(F)F)c1. The first-order valence-electron chi connectivity index (χ1n) is 14.4. The molecule has 230 valence electrons. The molecular weight excluding hydrogens is 567 g/mol. The zero-order valence-corrected chi connectivity index (χ0v) is 25.4. The summed E-state index contributed by atoms with van der Waals surface area (Å²) < 4.78 is 67.0. The van der Waals surface area contributed by atoms with E-state index >= 15 is 0 Å². The van der Waals surface area contributed by atoms with Crippen LogP contribution in [-0.4, -0.2) is 74.4 Å². The number of rotatable bonds is 10. The van der Waals surface area contributed by atoms with Crippen molar-refractivity contribution >= 4 is 21.5 Å². The molecule has 1 saturated carbocycles. The third-order valence-corrected chi connectivity index (χ3v) is 10.6. The van der Waals surface area contributed by atoms with Gasteiger partial charge in [-0.3, -0.25) is 4.79 Å². The topological polar surface area (TPSA) is 79.3 Å². The molecule has 2 fully saturated rings. The van der Waals surface area contributed by atoms with Gasteiger partial charge < -0.3 is 14.6 Å². The Balaban J connectivity index is 1.55. The highest BCUT2D eigenvalue weighted by molar-refractivity contribution is 7.91. The minimum absolute atomic E-state index is 0.0564. The van der Waals surface area contributed by atoms with Gasteiger partial charge in [0.15, 0.2) is 9.84 Å². The summed E-state index contributed by atoms with van der Waals surface area (Å²) in [6, 6.07) is 13.5. The molecule has 2 aromatic rings. The number of benzene rings is 2. The van der Waals surface area contributed by atoms with Crippen LogP contribution < -0.4 is 0 Å². The second-order valence-corrected chi connectivity index (χ2v) is 13.7. The van der Waals surface area contributed by atoms with Crippen LogP contribution in [0.15, 0.2) is 64.6 Å². The fourth-order valence-corrected chi connectivity index (χ4v) is 8.00. The largest absolute Gasteiger partial charge is 0.416 e. The molecule has 2 aliphatic rings. The van der Waals surface area contributed by atoms with Crippen molar-refractivity contribution in [1.82, 2.24) is 9.80 Å². The van der Waals surface area contributed by atoms with Crippen molar-refractivity contribution in [3.05, 3.63) is 65.7 Å². The van der Waals surface area contributed by atoms with Crippen LogP contribution in [0.3, 0.4) is 0 Å². The Morgan fingerprint density at radius 1 is 1.10 bits per heavy atom. The van der Waals surface area contributed by atoms with E-state index in [1.54, 1.807) is 30.3 Å². The second-order valence-electron chi connectivity index (χ2n) is 11.7. The van der Waals surface area contributed by atoms with E-state index in [0.29, 0.717) is 31.8 Å². The lowest BCUT2D eigenvalue weighted by atomic mass is 9.80. The predicted molar refractivity (Wildman–Crippen MR) is 156 cm³/mol. The lowest BCUT2D eigenvalue weighted by molar-refractivity contribution is -0.137. The van der Waals surface area contributed by atoms with Crippen LogP contribution in [0.2, 0.25) is 0 Å². The van der Waals surface area contributed by atoms with Crippen LogP contribution in [0.25, 0.3) is 0 Å². The number of nitrogens with zero attached hydrogens (tertiary/aromatic N) is 3. The van der Waals surface area contributed by atoms with E-state index in [2.05, 4.69) is 31.0 Å². The lowest BCUT2D eigenvalue weighted by Crippen LogP contribution is -2.51. The zero-order chi connectivity index (χ0) is 30.7. The summed E-state index contributed by atoms with van der Waals surface area (Å²) in [5.74, 6) is -0.919. The number of hydrogen-bond donors (Lipinski definition) is 0. The molecule has 4 rings (SSSR count). The summed E-state index contributed by atoms with van der Waals surface area (Å²) in [7, 11) is -0.210. The molecule has 0 N–H and O–H groups in total. The first-order valence-corrected chi connectivity index (χ1v) is 16.0. The normalized spacial score (nSPS) is 24.1. The summed E-state index contributed by atoms with van der Waals surface area (Å²) in [5, 5.41) is 3.99. The molecule has 1 saturated heterocycles. The third kappa shape index (κ3) is 7.34. The Hall–Kier alpha value is -2.92. The van der Waals surface area contributed by atoms with Gasteiger partial charge in [-0.05, 0) is 82.3 Å². The Kier molecular flexibility index (Phi) is 10.0. The molecule has 1 heterocycles. The average Bonchev–Trinajstić information content (AvgIpc) is 3.31. The number of carbonyl (C=O) groups is 1. The van der Waals surface area contributed by atoms with Crippen molar-refractivity contribution in [2.24, 2.45) is 17.0 Å². The number of amides is 1. The van der Waals surface area contributed by atoms with E-state index in [1.807, 2.05) is 4.90 Å². The highest BCUT2D eigenvalue weighted by atomic mass is 32.2. The number of halogens is 3. The van der Waals surface area contributed by atoms with Crippen LogP contribution in [0.5, 0.6) is 0 Å². The monoisotopic (exact) mass is 607 g/mol. The highest BCUT2D eigenvalue weighted by Crippen LogP contribution is 2.38. The number of carbonyl (C=O) groups excluding carboxylic acids is 1. The van der Waals surface area contributed by atoms with Crippen LogP contribution in [0.1, 0.15) is 57.1 Å². The van der Waals surface area contributed by atoms with Crippen molar-refractivity contribution in [3.63, 3.8) is 0 Å². The van der Waals surface area contributed by atoms with Gasteiger partial charge in [-0.25, -0.2) is 8.42 Å². The molecule has 1 aliphatic heterocycles. The van der Waals surface area contributed by atoms with E-state index in [1.165, 1.54) is 19.2 Å². The van der Waals surface area contributed by atoms with Gasteiger partial charge >= 0.3 is 6.18 Å². The molecule has 7 nitrogen and oxygen atoms in total. The number of hydrogen-bond acceptors (Lipinski definition) is 6. The molecule has 4 atom stereocenters. The summed E-state index contributed by atoms with van der Waals surface area (Å²) in [6.07, 6.45) is -1.70. The second kappa shape index (κ2) is 13.2. The van der Waals surface area contributed by atoms with E-state index in [4.69, 9.17) is 4.84 Å². The van der Waals surface area contributed by atoms with Gasteiger partial charge in [-0.15, -0.1) is 0 Å².